The van der Waals surface area contributed by atoms with Crippen LogP contribution in [0.2, 0.25) is 0 Å². The molecular formula is C16H19N5O3. The lowest BCUT2D eigenvalue weighted by Crippen LogP contribution is -2.30. The first-order valence-electron chi connectivity index (χ1n) is 7.56. The Bertz CT molecular complexity index is 733. The van der Waals surface area contributed by atoms with Crippen LogP contribution in [0.4, 0.5) is 11.4 Å². The number of nitrogens with zero attached hydrogens (tertiary/aromatic N) is 3. The molecule has 2 N–H and O–H groups in total. The van der Waals surface area contributed by atoms with Crippen molar-refractivity contribution in [1.29, 1.82) is 0 Å². The third-order valence-electron chi connectivity index (χ3n) is 3.36. The molecule has 1 heterocycles. The average molecular weight is 329 g/mol. The highest BCUT2D eigenvalue weighted by Crippen LogP contribution is 2.22. The number of hydrogen-bond acceptors (Lipinski definition) is 6. The lowest BCUT2D eigenvalue weighted by molar-refractivity contribution is -0.384. The van der Waals surface area contributed by atoms with Gasteiger partial charge in [0, 0.05) is 25.4 Å². The molecule has 0 saturated heterocycles. The fourth-order valence-electron chi connectivity index (χ4n) is 2.22. The van der Waals surface area contributed by atoms with Crippen LogP contribution >= 0.6 is 0 Å². The lowest BCUT2D eigenvalue weighted by atomic mass is 10.0. The van der Waals surface area contributed by atoms with Crippen LogP contribution in [0.3, 0.4) is 0 Å². The topological polar surface area (TPSA) is 110 Å². The van der Waals surface area contributed by atoms with Gasteiger partial charge in [0.05, 0.1) is 16.2 Å². The van der Waals surface area contributed by atoms with E-state index in [2.05, 4.69) is 20.6 Å². The van der Waals surface area contributed by atoms with E-state index >= 15 is 0 Å². The highest BCUT2D eigenvalue weighted by Gasteiger charge is 2.15. The molecule has 0 aliphatic heterocycles. The molecule has 0 unspecified atom stereocenters. The molecule has 0 aliphatic carbocycles. The number of rotatable bonds is 7. The summed E-state index contributed by atoms with van der Waals surface area (Å²) in [5, 5.41) is 16.6. The first-order valence-corrected chi connectivity index (χ1v) is 7.56. The van der Waals surface area contributed by atoms with Gasteiger partial charge < -0.3 is 10.6 Å². The Morgan fingerprint density at radius 2 is 2.04 bits per heavy atom. The van der Waals surface area contributed by atoms with Crippen molar-refractivity contribution in [2.75, 3.05) is 18.4 Å². The lowest BCUT2D eigenvalue weighted by Gasteiger charge is -2.11. The van der Waals surface area contributed by atoms with Crippen molar-refractivity contribution in [2.45, 2.75) is 19.8 Å². The van der Waals surface area contributed by atoms with Gasteiger partial charge in [0.25, 0.3) is 11.6 Å². The summed E-state index contributed by atoms with van der Waals surface area (Å²) >= 11 is 0. The predicted molar refractivity (Wildman–Crippen MR) is 90.0 cm³/mol. The van der Waals surface area contributed by atoms with Gasteiger partial charge in [-0.25, -0.2) is 9.97 Å². The molecule has 0 saturated carbocycles. The van der Waals surface area contributed by atoms with Gasteiger partial charge in [0.15, 0.2) is 0 Å². The maximum atomic E-state index is 12.2. The second kappa shape index (κ2) is 8.00. The van der Waals surface area contributed by atoms with Crippen LogP contribution in [0.15, 0.2) is 36.8 Å². The molecular weight excluding hydrogens is 310 g/mol. The minimum absolute atomic E-state index is 0.00220. The summed E-state index contributed by atoms with van der Waals surface area (Å²) in [5.74, 6) is -0.150. The number of amides is 1. The molecule has 1 amide bonds. The molecule has 0 bridgehead atoms. The fraction of sp³-hybridized carbons (Fsp3) is 0.312. The van der Waals surface area contributed by atoms with E-state index in [0.717, 1.165) is 0 Å². The number of nitro benzene ring substituents is 1. The van der Waals surface area contributed by atoms with Gasteiger partial charge in [0.2, 0.25) is 0 Å². The molecule has 126 valence electrons. The Hall–Kier alpha value is -3.03. The van der Waals surface area contributed by atoms with Crippen LogP contribution in [0.1, 0.15) is 35.8 Å². The van der Waals surface area contributed by atoms with Gasteiger partial charge in [-0.2, -0.15) is 0 Å². The second-order valence-electron chi connectivity index (χ2n) is 5.43. The fourth-order valence-corrected chi connectivity index (χ4v) is 2.22. The number of aromatic nitrogens is 2. The molecule has 2 rings (SSSR count). The van der Waals surface area contributed by atoms with Gasteiger partial charge in [-0.15, -0.1) is 0 Å². The Kier molecular flexibility index (Phi) is 5.78. The molecule has 8 heteroatoms. The Morgan fingerprint density at radius 1 is 1.29 bits per heavy atom. The summed E-state index contributed by atoms with van der Waals surface area (Å²) in [6.07, 6.45) is 2.91. The van der Waals surface area contributed by atoms with E-state index in [4.69, 9.17) is 0 Å². The Balaban J connectivity index is 1.92. The van der Waals surface area contributed by atoms with Crippen LogP contribution in [-0.4, -0.2) is 33.9 Å². The monoisotopic (exact) mass is 329 g/mol. The number of carbonyl (C=O) groups excluding carboxylic acids is 1. The molecule has 0 atom stereocenters. The first-order chi connectivity index (χ1) is 11.5. The van der Waals surface area contributed by atoms with Crippen molar-refractivity contribution in [2.24, 2.45) is 0 Å². The zero-order valence-electron chi connectivity index (χ0n) is 13.5. The van der Waals surface area contributed by atoms with Gasteiger partial charge in [-0.3, -0.25) is 14.9 Å². The van der Waals surface area contributed by atoms with Crippen molar-refractivity contribution in [3.05, 3.63) is 58.2 Å². The number of carbonyl (C=O) groups is 1. The van der Waals surface area contributed by atoms with E-state index in [9.17, 15) is 14.9 Å². The predicted octanol–water partition coefficient (Wildman–Crippen LogP) is 2.35. The number of nitro groups is 1. The molecule has 1 aromatic heterocycles. The highest BCUT2D eigenvalue weighted by molar-refractivity contribution is 5.95. The van der Waals surface area contributed by atoms with E-state index in [0.29, 0.717) is 30.0 Å². The largest absolute Gasteiger partial charge is 0.378 e. The van der Waals surface area contributed by atoms with Crippen LogP contribution in [0.5, 0.6) is 0 Å². The number of nitrogens with one attached hydrogen (secondary N) is 2. The molecule has 2 aromatic rings. The van der Waals surface area contributed by atoms with E-state index in [-0.39, 0.29) is 17.5 Å². The normalized spacial score (nSPS) is 10.5. The molecule has 0 fully saturated rings. The van der Waals surface area contributed by atoms with Gasteiger partial charge in [-0.1, -0.05) is 26.0 Å². The smallest absolute Gasteiger partial charge is 0.292 e. The Morgan fingerprint density at radius 3 is 2.75 bits per heavy atom. The van der Waals surface area contributed by atoms with Crippen molar-refractivity contribution >= 4 is 17.3 Å². The van der Waals surface area contributed by atoms with Crippen LogP contribution < -0.4 is 10.6 Å². The maximum absolute atomic E-state index is 12.2. The summed E-state index contributed by atoms with van der Waals surface area (Å²) in [4.78, 5) is 30.7. The number of anilines is 1. The third kappa shape index (κ3) is 4.25. The van der Waals surface area contributed by atoms with Crippen molar-refractivity contribution < 1.29 is 9.72 Å². The molecule has 0 spiro atoms. The minimum Gasteiger partial charge on any atom is -0.378 e. The van der Waals surface area contributed by atoms with Crippen molar-refractivity contribution in [1.82, 2.24) is 15.3 Å². The standard InChI is InChI=1S/C16H19N5O3/c1-11(2)15-12(9-17-10-20-15)16(22)19-8-7-18-13-5-3-4-6-14(13)21(23)24/h3-6,9-11,18H,7-8H2,1-2H3,(H,19,22). The summed E-state index contributed by atoms with van der Waals surface area (Å²) < 4.78 is 0. The van der Waals surface area contributed by atoms with Gasteiger partial charge >= 0.3 is 0 Å². The maximum Gasteiger partial charge on any atom is 0.292 e. The SMILES string of the molecule is CC(C)c1ncncc1C(=O)NCCNc1ccccc1[N+](=O)[O-]. The molecule has 24 heavy (non-hydrogen) atoms. The van der Waals surface area contributed by atoms with Crippen LogP contribution in [0, 0.1) is 10.1 Å². The molecule has 8 nitrogen and oxygen atoms in total. The highest BCUT2D eigenvalue weighted by atomic mass is 16.6. The number of benzene rings is 1. The third-order valence-corrected chi connectivity index (χ3v) is 3.36. The first kappa shape index (κ1) is 17.3. The van der Waals surface area contributed by atoms with Crippen molar-refractivity contribution in [3.8, 4) is 0 Å². The molecule has 0 aliphatic rings. The second-order valence-corrected chi connectivity index (χ2v) is 5.43. The zero-order valence-corrected chi connectivity index (χ0v) is 13.5. The quantitative estimate of drug-likeness (QED) is 0.458. The number of para-hydroxylation sites is 2. The van der Waals surface area contributed by atoms with E-state index < -0.39 is 4.92 Å². The zero-order chi connectivity index (χ0) is 17.5. The van der Waals surface area contributed by atoms with Crippen molar-refractivity contribution in [3.63, 3.8) is 0 Å². The van der Waals surface area contributed by atoms with Crippen LogP contribution in [-0.2, 0) is 0 Å². The van der Waals surface area contributed by atoms with Gasteiger partial charge in [0.1, 0.15) is 12.0 Å². The average Bonchev–Trinajstić information content (AvgIpc) is 2.58. The summed E-state index contributed by atoms with van der Waals surface area (Å²) in [7, 11) is 0. The molecule has 1 aromatic carbocycles. The summed E-state index contributed by atoms with van der Waals surface area (Å²) in [6, 6.07) is 6.37. The van der Waals surface area contributed by atoms with E-state index in [1.807, 2.05) is 13.8 Å². The number of hydrogen-bond donors (Lipinski definition) is 2. The minimum atomic E-state index is -0.447. The molecule has 0 radical (unpaired) electrons. The summed E-state index contributed by atoms with van der Waals surface area (Å²) in [5.41, 5.74) is 1.55. The van der Waals surface area contributed by atoms with E-state index in [1.54, 1.807) is 18.2 Å². The Labute approximate surface area is 139 Å². The van der Waals surface area contributed by atoms with Gasteiger partial charge in [-0.05, 0) is 12.0 Å². The van der Waals surface area contributed by atoms with Crippen LogP contribution in [0.25, 0.3) is 0 Å². The van der Waals surface area contributed by atoms with E-state index in [1.165, 1.54) is 18.6 Å². The summed E-state index contributed by atoms with van der Waals surface area (Å²) in [6.45, 7) is 4.59.